The molecule has 0 unspecified atom stereocenters. The third kappa shape index (κ3) is 11.2. The minimum atomic E-state index is -0.516. The van der Waals surface area contributed by atoms with Gasteiger partial charge in [0.2, 0.25) is 11.8 Å². The molecule has 48 heavy (non-hydrogen) atoms. The summed E-state index contributed by atoms with van der Waals surface area (Å²) in [7, 11) is 0. The standard InChI is InChI=1S/C38H50N4O6/c43-28-31-14-16-32(17-15-31)35-24-34(27-42-22-20-41(21-23-42)26-30-8-4-3-5-9-30)47-38(48-35)33-18-12-29(13-19-33)25-39-36(44)10-6-1-2-7-11-37(45)40-46/h3-5,8-9,12-19,34-35,38,43,46H,1-2,6-7,10-11,20-28H2,(H,39,44)(H,40,45)/t34-,35+,38+/m1/s1. The first kappa shape index (κ1) is 35.7. The third-order valence-corrected chi connectivity index (χ3v) is 9.21. The van der Waals surface area contributed by atoms with Crippen molar-refractivity contribution in [1.82, 2.24) is 20.6 Å². The molecule has 2 aliphatic heterocycles. The maximum absolute atomic E-state index is 12.4. The molecule has 2 saturated heterocycles. The monoisotopic (exact) mass is 658 g/mol. The molecule has 3 aromatic carbocycles. The zero-order valence-electron chi connectivity index (χ0n) is 27.8. The number of benzene rings is 3. The van der Waals surface area contributed by atoms with Gasteiger partial charge in [-0.3, -0.25) is 24.6 Å². The van der Waals surface area contributed by atoms with Crippen LogP contribution in [0.2, 0.25) is 0 Å². The molecule has 10 heteroatoms. The molecule has 0 saturated carbocycles. The highest BCUT2D eigenvalue weighted by Crippen LogP contribution is 2.38. The summed E-state index contributed by atoms with van der Waals surface area (Å²) < 4.78 is 13.2. The Hall–Kier alpha value is -3.64. The topological polar surface area (TPSA) is 124 Å². The van der Waals surface area contributed by atoms with Gasteiger partial charge in [0.05, 0.1) is 18.8 Å². The lowest BCUT2D eigenvalue weighted by Crippen LogP contribution is -2.49. The number of nitrogens with one attached hydrogen (secondary N) is 2. The van der Waals surface area contributed by atoms with E-state index in [-0.39, 0.29) is 30.6 Å². The van der Waals surface area contributed by atoms with Gasteiger partial charge >= 0.3 is 0 Å². The van der Waals surface area contributed by atoms with E-state index in [1.54, 1.807) is 5.48 Å². The van der Waals surface area contributed by atoms with Crippen molar-refractivity contribution in [2.24, 2.45) is 0 Å². The van der Waals surface area contributed by atoms with Gasteiger partial charge in [0.25, 0.3) is 0 Å². The van der Waals surface area contributed by atoms with Gasteiger partial charge in [0, 0.05) is 70.6 Å². The number of hydrogen-bond acceptors (Lipinski definition) is 8. The van der Waals surface area contributed by atoms with Crippen molar-refractivity contribution in [1.29, 1.82) is 0 Å². The Kier molecular flexibility index (Phi) is 14.0. The number of amides is 2. The van der Waals surface area contributed by atoms with Crippen molar-refractivity contribution in [3.8, 4) is 0 Å². The molecule has 3 aromatic rings. The van der Waals surface area contributed by atoms with Gasteiger partial charge in [0.15, 0.2) is 6.29 Å². The molecule has 2 heterocycles. The van der Waals surface area contributed by atoms with E-state index in [1.807, 2.05) is 48.5 Å². The highest BCUT2D eigenvalue weighted by Gasteiger charge is 2.33. The van der Waals surface area contributed by atoms with Crippen LogP contribution in [0.4, 0.5) is 0 Å². The zero-order valence-corrected chi connectivity index (χ0v) is 27.8. The van der Waals surface area contributed by atoms with Crippen LogP contribution in [-0.2, 0) is 38.8 Å². The van der Waals surface area contributed by atoms with Crippen molar-refractivity contribution in [3.05, 3.63) is 107 Å². The maximum Gasteiger partial charge on any atom is 0.243 e. The molecule has 3 atom stereocenters. The van der Waals surface area contributed by atoms with Gasteiger partial charge in [-0.05, 0) is 35.1 Å². The minimum Gasteiger partial charge on any atom is -0.392 e. The van der Waals surface area contributed by atoms with E-state index in [1.165, 1.54) is 5.56 Å². The second kappa shape index (κ2) is 18.8. The lowest BCUT2D eigenvalue weighted by molar-refractivity contribution is -0.253. The normalized spacial score (nSPS) is 20.3. The number of carbonyl (C=O) groups excluding carboxylic acids is 2. The number of unbranched alkanes of at least 4 members (excludes halogenated alkanes) is 3. The second-order valence-corrected chi connectivity index (χ2v) is 12.9. The molecule has 0 bridgehead atoms. The van der Waals surface area contributed by atoms with Crippen molar-refractivity contribution < 1.29 is 29.4 Å². The van der Waals surface area contributed by atoms with Crippen LogP contribution in [-0.4, -0.2) is 70.8 Å². The summed E-state index contributed by atoms with van der Waals surface area (Å²) in [5, 5.41) is 21.1. The average Bonchev–Trinajstić information content (AvgIpc) is 3.13. The molecular weight excluding hydrogens is 608 g/mol. The Morgan fingerprint density at radius 1 is 0.708 bits per heavy atom. The second-order valence-electron chi connectivity index (χ2n) is 12.9. The predicted octanol–water partition coefficient (Wildman–Crippen LogP) is 5.00. The van der Waals surface area contributed by atoms with Crippen molar-refractivity contribution in [2.45, 2.75) is 83.1 Å². The smallest absolute Gasteiger partial charge is 0.243 e. The van der Waals surface area contributed by atoms with Crippen LogP contribution in [0.3, 0.4) is 0 Å². The Bertz CT molecular complexity index is 1400. The first-order chi connectivity index (χ1) is 23.5. The molecule has 0 aromatic heterocycles. The summed E-state index contributed by atoms with van der Waals surface area (Å²) in [6, 6.07) is 26.7. The van der Waals surface area contributed by atoms with Gasteiger partial charge < -0.3 is 19.9 Å². The lowest BCUT2D eigenvalue weighted by atomic mass is 9.99. The van der Waals surface area contributed by atoms with Gasteiger partial charge in [-0.25, -0.2) is 5.48 Å². The number of hydroxylamine groups is 1. The molecule has 0 spiro atoms. The lowest BCUT2D eigenvalue weighted by Gasteiger charge is -2.40. The number of hydrogen-bond donors (Lipinski definition) is 4. The zero-order chi connectivity index (χ0) is 33.6. The summed E-state index contributed by atoms with van der Waals surface area (Å²) in [6.45, 7) is 6.32. The summed E-state index contributed by atoms with van der Waals surface area (Å²) in [5.41, 5.74) is 6.88. The average molecular weight is 659 g/mol. The molecule has 5 rings (SSSR count). The molecule has 0 radical (unpaired) electrons. The highest BCUT2D eigenvalue weighted by atomic mass is 16.7. The van der Waals surface area contributed by atoms with Crippen LogP contribution < -0.4 is 10.8 Å². The molecule has 0 aliphatic carbocycles. The summed E-state index contributed by atoms with van der Waals surface area (Å²) in [6.07, 6.45) is 3.99. The van der Waals surface area contributed by atoms with E-state index < -0.39 is 6.29 Å². The highest BCUT2D eigenvalue weighted by molar-refractivity contribution is 5.75. The summed E-state index contributed by atoms with van der Waals surface area (Å²) >= 11 is 0. The number of aliphatic hydroxyl groups excluding tert-OH is 1. The van der Waals surface area contributed by atoms with Crippen LogP contribution in [0.25, 0.3) is 0 Å². The fraction of sp³-hybridized carbons (Fsp3) is 0.474. The predicted molar refractivity (Wildman–Crippen MR) is 183 cm³/mol. The van der Waals surface area contributed by atoms with Gasteiger partial charge in [-0.15, -0.1) is 0 Å². The van der Waals surface area contributed by atoms with E-state index in [0.29, 0.717) is 25.8 Å². The number of ether oxygens (including phenoxy) is 2. The molecule has 2 fully saturated rings. The SMILES string of the molecule is O=C(CCCCCCC(=O)NCc1ccc([C@H]2O[C@@H](CN3CCN(Cc4ccccc4)CC3)C[C@@H](c3ccc(CO)cc3)O2)cc1)NO. The Balaban J connectivity index is 1.13. The molecule has 10 nitrogen and oxygen atoms in total. The van der Waals surface area contributed by atoms with Crippen LogP contribution in [0, 0.1) is 0 Å². The number of carbonyl (C=O) groups is 2. The quantitative estimate of drug-likeness (QED) is 0.0964. The number of rotatable bonds is 16. The molecule has 2 amide bonds. The van der Waals surface area contributed by atoms with E-state index in [4.69, 9.17) is 14.7 Å². The van der Waals surface area contributed by atoms with E-state index in [2.05, 4.69) is 45.4 Å². The molecule has 2 aliphatic rings. The van der Waals surface area contributed by atoms with Gasteiger partial charge in [0.1, 0.15) is 0 Å². The number of piperazine rings is 1. The fourth-order valence-corrected chi connectivity index (χ4v) is 6.35. The fourth-order valence-electron chi connectivity index (χ4n) is 6.35. The molecule has 258 valence electrons. The van der Waals surface area contributed by atoms with Crippen molar-refractivity contribution in [3.63, 3.8) is 0 Å². The van der Waals surface area contributed by atoms with E-state index in [0.717, 1.165) is 87.2 Å². The van der Waals surface area contributed by atoms with E-state index in [9.17, 15) is 14.7 Å². The summed E-state index contributed by atoms with van der Waals surface area (Å²) in [5.74, 6) is -0.373. The Labute approximate surface area is 284 Å². The van der Waals surface area contributed by atoms with Crippen molar-refractivity contribution in [2.75, 3.05) is 32.7 Å². The van der Waals surface area contributed by atoms with Crippen molar-refractivity contribution >= 4 is 11.8 Å². The van der Waals surface area contributed by atoms with Gasteiger partial charge in [-0.2, -0.15) is 0 Å². The van der Waals surface area contributed by atoms with E-state index >= 15 is 0 Å². The maximum atomic E-state index is 12.4. The van der Waals surface area contributed by atoms with Crippen LogP contribution in [0.1, 0.15) is 85.2 Å². The minimum absolute atomic E-state index is 0.00209. The van der Waals surface area contributed by atoms with Crippen LogP contribution in [0.15, 0.2) is 78.9 Å². The number of nitrogens with zero attached hydrogens (tertiary/aromatic N) is 2. The third-order valence-electron chi connectivity index (χ3n) is 9.21. The largest absolute Gasteiger partial charge is 0.392 e. The Morgan fingerprint density at radius 3 is 2.00 bits per heavy atom. The van der Waals surface area contributed by atoms with Crippen LogP contribution in [0.5, 0.6) is 0 Å². The molecule has 4 N–H and O–H groups in total. The van der Waals surface area contributed by atoms with Gasteiger partial charge in [-0.1, -0.05) is 91.7 Å². The molecular formula is C38H50N4O6. The first-order valence-corrected chi connectivity index (χ1v) is 17.3. The Morgan fingerprint density at radius 2 is 1.33 bits per heavy atom. The first-order valence-electron chi connectivity index (χ1n) is 17.3. The van der Waals surface area contributed by atoms with Crippen LogP contribution >= 0.6 is 0 Å². The number of aliphatic hydroxyl groups is 1. The summed E-state index contributed by atoms with van der Waals surface area (Å²) in [4.78, 5) is 28.4.